The van der Waals surface area contributed by atoms with Crippen LogP contribution >= 0.6 is 11.6 Å². The van der Waals surface area contributed by atoms with Crippen LogP contribution in [-0.4, -0.2) is 20.8 Å². The molecule has 88 valence electrons. The summed E-state index contributed by atoms with van der Waals surface area (Å²) in [5.41, 5.74) is 6.54. The van der Waals surface area contributed by atoms with Crippen molar-refractivity contribution in [1.82, 2.24) is 15.0 Å². The number of halogens is 1. The van der Waals surface area contributed by atoms with Crippen LogP contribution in [0.1, 0.15) is 16.1 Å². The zero-order valence-corrected chi connectivity index (χ0v) is 9.76. The van der Waals surface area contributed by atoms with Crippen LogP contribution in [0.15, 0.2) is 30.5 Å². The summed E-state index contributed by atoms with van der Waals surface area (Å²) in [5, 5.41) is 8.05. The van der Waals surface area contributed by atoms with Crippen molar-refractivity contribution in [1.29, 1.82) is 0 Å². The summed E-state index contributed by atoms with van der Waals surface area (Å²) in [6.45, 7) is 0.414. The molecule has 1 heterocycles. The van der Waals surface area contributed by atoms with E-state index >= 15 is 0 Å². The number of rotatable bonds is 4. The van der Waals surface area contributed by atoms with Crippen LogP contribution in [0.4, 0.5) is 0 Å². The summed E-state index contributed by atoms with van der Waals surface area (Å²) in [4.78, 5) is 11.9. The summed E-state index contributed by atoms with van der Waals surface area (Å²) < 4.78 is 1.45. The Kier molecular flexibility index (Phi) is 3.51. The van der Waals surface area contributed by atoms with E-state index in [0.717, 1.165) is 0 Å². The molecule has 0 saturated carbocycles. The van der Waals surface area contributed by atoms with Crippen molar-refractivity contribution in [3.63, 3.8) is 0 Å². The molecular formula is C11H11ClN4O. The maximum atomic E-state index is 11.9. The molecule has 0 saturated heterocycles. The van der Waals surface area contributed by atoms with Gasteiger partial charge >= 0.3 is 0 Å². The number of carbonyl (C=O) groups excluding carboxylic acids is 1. The molecule has 0 atom stereocenters. The molecule has 0 aliphatic rings. The number of ketones is 1. The summed E-state index contributed by atoms with van der Waals surface area (Å²) >= 11 is 5.93. The van der Waals surface area contributed by atoms with Gasteiger partial charge < -0.3 is 5.73 Å². The minimum absolute atomic E-state index is 0.107. The van der Waals surface area contributed by atoms with E-state index in [0.29, 0.717) is 22.8 Å². The van der Waals surface area contributed by atoms with E-state index in [-0.39, 0.29) is 12.3 Å². The molecule has 0 bridgehead atoms. The lowest BCUT2D eigenvalue weighted by atomic mass is 10.1. The Balaban J connectivity index is 2.14. The summed E-state index contributed by atoms with van der Waals surface area (Å²) in [6, 6.07) is 6.92. The quantitative estimate of drug-likeness (QED) is 0.830. The second-order valence-electron chi connectivity index (χ2n) is 3.51. The molecule has 2 rings (SSSR count). The molecule has 6 heteroatoms. The van der Waals surface area contributed by atoms with Crippen molar-refractivity contribution < 1.29 is 4.79 Å². The molecule has 0 spiro atoms. The molecule has 5 nitrogen and oxygen atoms in total. The van der Waals surface area contributed by atoms with Crippen molar-refractivity contribution >= 4 is 17.4 Å². The second-order valence-corrected chi connectivity index (χ2v) is 3.92. The Morgan fingerprint density at radius 1 is 1.41 bits per heavy atom. The van der Waals surface area contributed by atoms with Gasteiger partial charge in [-0.2, -0.15) is 0 Å². The van der Waals surface area contributed by atoms with E-state index in [4.69, 9.17) is 17.3 Å². The van der Waals surface area contributed by atoms with Gasteiger partial charge in [-0.1, -0.05) is 28.9 Å². The SMILES string of the molecule is NCc1cn(CC(=O)c2ccccc2Cl)nn1. The van der Waals surface area contributed by atoms with E-state index in [1.54, 1.807) is 30.5 Å². The Morgan fingerprint density at radius 3 is 2.82 bits per heavy atom. The predicted octanol–water partition coefficient (Wildman–Crippen LogP) is 1.27. The lowest BCUT2D eigenvalue weighted by Gasteiger charge is -2.02. The molecule has 1 aromatic heterocycles. The van der Waals surface area contributed by atoms with Crippen molar-refractivity contribution in [2.24, 2.45) is 5.73 Å². The molecule has 17 heavy (non-hydrogen) atoms. The van der Waals surface area contributed by atoms with Gasteiger partial charge in [-0.25, -0.2) is 4.68 Å². The standard InChI is InChI=1S/C11H11ClN4O/c12-10-4-2-1-3-9(10)11(17)7-16-6-8(5-13)14-15-16/h1-4,6H,5,7,13H2. The van der Waals surface area contributed by atoms with Crippen LogP contribution in [0.5, 0.6) is 0 Å². The topological polar surface area (TPSA) is 73.8 Å². The average Bonchev–Trinajstić information content (AvgIpc) is 2.77. The number of nitrogens with two attached hydrogens (primary N) is 1. The first-order chi connectivity index (χ1) is 8.20. The maximum absolute atomic E-state index is 11.9. The van der Waals surface area contributed by atoms with Gasteiger partial charge in [-0.3, -0.25) is 4.79 Å². The lowest BCUT2D eigenvalue weighted by Crippen LogP contribution is -2.11. The molecule has 0 fully saturated rings. The highest BCUT2D eigenvalue weighted by atomic mass is 35.5. The predicted molar refractivity (Wildman–Crippen MR) is 63.7 cm³/mol. The highest BCUT2D eigenvalue weighted by Gasteiger charge is 2.11. The summed E-state index contributed by atoms with van der Waals surface area (Å²) in [5.74, 6) is -0.107. The molecular weight excluding hydrogens is 240 g/mol. The maximum Gasteiger partial charge on any atom is 0.185 e. The minimum Gasteiger partial charge on any atom is -0.325 e. The Morgan fingerprint density at radius 2 is 2.18 bits per heavy atom. The molecule has 0 aliphatic carbocycles. The van der Waals surface area contributed by atoms with Gasteiger partial charge in [0.2, 0.25) is 0 Å². The van der Waals surface area contributed by atoms with Crippen LogP contribution in [0, 0.1) is 0 Å². The van der Waals surface area contributed by atoms with Gasteiger partial charge in [0, 0.05) is 12.1 Å². The van der Waals surface area contributed by atoms with Gasteiger partial charge in [0.15, 0.2) is 5.78 Å². The fourth-order valence-corrected chi connectivity index (χ4v) is 1.67. The smallest absolute Gasteiger partial charge is 0.185 e. The number of benzene rings is 1. The van der Waals surface area contributed by atoms with Crippen molar-refractivity contribution in [3.8, 4) is 0 Å². The van der Waals surface area contributed by atoms with E-state index in [2.05, 4.69) is 10.3 Å². The van der Waals surface area contributed by atoms with E-state index in [1.165, 1.54) is 4.68 Å². The fourth-order valence-electron chi connectivity index (χ4n) is 1.43. The summed E-state index contributed by atoms with van der Waals surface area (Å²) in [6.07, 6.45) is 1.65. The molecule has 0 unspecified atom stereocenters. The highest BCUT2D eigenvalue weighted by molar-refractivity contribution is 6.33. The van der Waals surface area contributed by atoms with Crippen molar-refractivity contribution in [2.45, 2.75) is 13.1 Å². The van der Waals surface area contributed by atoms with Crippen molar-refractivity contribution in [3.05, 3.63) is 46.7 Å². The first-order valence-electron chi connectivity index (χ1n) is 5.07. The molecule has 1 aromatic carbocycles. The first-order valence-corrected chi connectivity index (χ1v) is 5.45. The van der Waals surface area contributed by atoms with Crippen LogP contribution < -0.4 is 5.73 Å². The molecule has 2 aromatic rings. The Bertz CT molecular complexity index is 538. The number of aromatic nitrogens is 3. The number of hydrogen-bond donors (Lipinski definition) is 1. The number of nitrogens with zero attached hydrogens (tertiary/aromatic N) is 3. The van der Waals surface area contributed by atoms with Crippen molar-refractivity contribution in [2.75, 3.05) is 0 Å². The average molecular weight is 251 g/mol. The Hall–Kier alpha value is -1.72. The van der Waals surface area contributed by atoms with Gasteiger partial charge in [-0.15, -0.1) is 5.10 Å². The van der Waals surface area contributed by atoms with Gasteiger partial charge in [0.1, 0.15) is 6.54 Å². The third-order valence-corrected chi connectivity index (χ3v) is 2.60. The minimum atomic E-state index is -0.107. The molecule has 0 aliphatic heterocycles. The van der Waals surface area contributed by atoms with Crippen LogP contribution in [0.3, 0.4) is 0 Å². The monoisotopic (exact) mass is 250 g/mol. The normalized spacial score (nSPS) is 10.5. The molecule has 2 N–H and O–H groups in total. The zero-order chi connectivity index (χ0) is 12.3. The van der Waals surface area contributed by atoms with Crippen LogP contribution in [-0.2, 0) is 13.1 Å². The number of carbonyl (C=O) groups is 1. The summed E-state index contributed by atoms with van der Waals surface area (Å²) in [7, 11) is 0. The fraction of sp³-hybridized carbons (Fsp3) is 0.182. The third-order valence-electron chi connectivity index (χ3n) is 2.28. The van der Waals surface area contributed by atoms with E-state index in [9.17, 15) is 4.79 Å². The number of hydrogen-bond acceptors (Lipinski definition) is 4. The van der Waals surface area contributed by atoms with Crippen LogP contribution in [0.2, 0.25) is 5.02 Å². The van der Waals surface area contributed by atoms with Crippen LogP contribution in [0.25, 0.3) is 0 Å². The third kappa shape index (κ3) is 2.69. The Labute approximate surface area is 103 Å². The first kappa shape index (κ1) is 11.8. The largest absolute Gasteiger partial charge is 0.325 e. The number of Topliss-reactive ketones (excluding diaryl/α,β-unsaturated/α-hetero) is 1. The van der Waals surface area contributed by atoms with E-state index < -0.39 is 0 Å². The van der Waals surface area contributed by atoms with Gasteiger partial charge in [0.25, 0.3) is 0 Å². The van der Waals surface area contributed by atoms with E-state index in [1.807, 2.05) is 0 Å². The molecule has 0 amide bonds. The molecule has 0 radical (unpaired) electrons. The zero-order valence-electron chi connectivity index (χ0n) is 9.01. The lowest BCUT2D eigenvalue weighted by molar-refractivity contribution is 0.0967. The second kappa shape index (κ2) is 5.07. The van der Waals surface area contributed by atoms with Gasteiger partial charge in [0.05, 0.1) is 16.9 Å². The van der Waals surface area contributed by atoms with Gasteiger partial charge in [-0.05, 0) is 12.1 Å². The highest BCUT2D eigenvalue weighted by Crippen LogP contribution is 2.15.